The zero-order chi connectivity index (χ0) is 10.7. The Kier molecular flexibility index (Phi) is 3.11. The minimum atomic E-state index is -0.143. The molecule has 2 nitrogen and oxygen atoms in total. The summed E-state index contributed by atoms with van der Waals surface area (Å²) in [6, 6.07) is 0. The first kappa shape index (κ1) is 10.3. The molecular weight excluding hydrogens is 191 g/mol. The van der Waals surface area contributed by atoms with Gasteiger partial charge in [0.05, 0.1) is 5.71 Å². The number of hydrogen-bond acceptors (Lipinski definition) is 2. The second-order valence-corrected chi connectivity index (χ2v) is 3.83. The molecule has 0 aromatic rings. The van der Waals surface area contributed by atoms with Crippen LogP contribution in [0.4, 0.5) is 4.39 Å². The van der Waals surface area contributed by atoms with Crippen LogP contribution >= 0.6 is 0 Å². The molecule has 1 heterocycles. The number of nitrogens with two attached hydrogens (primary N) is 1. The molecule has 0 amide bonds. The van der Waals surface area contributed by atoms with Crippen molar-refractivity contribution in [2.45, 2.75) is 25.7 Å². The molecule has 0 unspecified atom stereocenters. The Morgan fingerprint density at radius 2 is 2.27 bits per heavy atom. The number of aliphatic imine (C=N–C) groups is 1. The van der Waals surface area contributed by atoms with Gasteiger partial charge in [0.15, 0.2) is 0 Å². The largest absolute Gasteiger partial charge is 0.330 e. The number of halogens is 1. The highest BCUT2D eigenvalue weighted by Gasteiger charge is 2.19. The van der Waals surface area contributed by atoms with Crippen molar-refractivity contribution in [1.29, 1.82) is 0 Å². The Hall–Kier alpha value is -1.22. The maximum absolute atomic E-state index is 13.1. The van der Waals surface area contributed by atoms with Crippen molar-refractivity contribution in [3.8, 4) is 0 Å². The van der Waals surface area contributed by atoms with Crippen molar-refractivity contribution >= 4 is 5.71 Å². The monoisotopic (exact) mass is 206 g/mol. The van der Waals surface area contributed by atoms with Crippen molar-refractivity contribution in [3.63, 3.8) is 0 Å². The van der Waals surface area contributed by atoms with Gasteiger partial charge < -0.3 is 5.73 Å². The Morgan fingerprint density at radius 1 is 1.40 bits per heavy atom. The fourth-order valence-electron chi connectivity index (χ4n) is 1.87. The highest BCUT2D eigenvalue weighted by Crippen LogP contribution is 2.30. The lowest BCUT2D eigenvalue weighted by Crippen LogP contribution is -2.05. The molecule has 0 bridgehead atoms. The van der Waals surface area contributed by atoms with E-state index in [1.54, 1.807) is 12.2 Å². The predicted molar refractivity (Wildman–Crippen MR) is 60.3 cm³/mol. The van der Waals surface area contributed by atoms with E-state index in [2.05, 4.69) is 4.99 Å². The van der Waals surface area contributed by atoms with Crippen LogP contribution in [0.5, 0.6) is 0 Å². The molecule has 1 aliphatic carbocycles. The molecule has 0 saturated carbocycles. The molecule has 2 aliphatic rings. The highest BCUT2D eigenvalue weighted by atomic mass is 19.1. The van der Waals surface area contributed by atoms with Crippen LogP contribution in [-0.2, 0) is 0 Å². The average Bonchev–Trinajstić information content (AvgIpc) is 2.62. The molecule has 0 saturated heterocycles. The van der Waals surface area contributed by atoms with Crippen molar-refractivity contribution in [2.24, 2.45) is 10.7 Å². The fraction of sp³-hybridized carbons (Fsp3) is 0.417. The summed E-state index contributed by atoms with van der Waals surface area (Å²) in [7, 11) is 0. The zero-order valence-electron chi connectivity index (χ0n) is 8.67. The lowest BCUT2D eigenvalue weighted by Gasteiger charge is -2.10. The number of rotatable bonds is 4. The Morgan fingerprint density at radius 3 is 3.07 bits per heavy atom. The molecule has 0 aromatic carbocycles. The summed E-state index contributed by atoms with van der Waals surface area (Å²) in [6.07, 6.45) is 8.65. The first-order valence-electron chi connectivity index (χ1n) is 5.35. The van der Waals surface area contributed by atoms with Gasteiger partial charge in [0.25, 0.3) is 0 Å². The number of unbranched alkanes of at least 4 members (excludes halogenated alkanes) is 1. The Balaban J connectivity index is 2.01. The van der Waals surface area contributed by atoms with E-state index in [4.69, 9.17) is 5.73 Å². The second-order valence-electron chi connectivity index (χ2n) is 3.83. The maximum Gasteiger partial charge on any atom is 0.120 e. The van der Waals surface area contributed by atoms with Crippen molar-refractivity contribution in [1.82, 2.24) is 0 Å². The van der Waals surface area contributed by atoms with Crippen molar-refractivity contribution in [3.05, 3.63) is 35.3 Å². The first-order valence-corrected chi connectivity index (χ1v) is 5.35. The minimum absolute atomic E-state index is 0.143. The first-order chi connectivity index (χ1) is 7.31. The van der Waals surface area contributed by atoms with E-state index in [-0.39, 0.29) is 5.83 Å². The summed E-state index contributed by atoms with van der Waals surface area (Å²) in [4.78, 5) is 4.30. The highest BCUT2D eigenvalue weighted by molar-refractivity contribution is 6.08. The normalized spacial score (nSPS) is 19.1. The zero-order valence-corrected chi connectivity index (χ0v) is 8.67. The van der Waals surface area contributed by atoms with Gasteiger partial charge in [-0.05, 0) is 43.5 Å². The minimum Gasteiger partial charge on any atom is -0.330 e. The standard InChI is InChI=1S/C12H15FN2/c13-10-4-5-12-11(7-10)9(8-15-12)3-1-2-6-14/h4,7-8H,1-3,5-6,14H2. The van der Waals surface area contributed by atoms with Crippen LogP contribution in [0.1, 0.15) is 25.7 Å². The predicted octanol–water partition coefficient (Wildman–Crippen LogP) is 2.64. The van der Waals surface area contributed by atoms with Crippen LogP contribution in [-0.4, -0.2) is 12.3 Å². The number of fused-ring (bicyclic) bond motifs is 1. The molecule has 15 heavy (non-hydrogen) atoms. The molecule has 0 fully saturated rings. The van der Waals surface area contributed by atoms with Crippen LogP contribution in [0.15, 0.2) is 40.3 Å². The molecule has 0 atom stereocenters. The van der Waals surface area contributed by atoms with Gasteiger partial charge in [-0.25, -0.2) is 4.39 Å². The van der Waals surface area contributed by atoms with Crippen molar-refractivity contribution in [2.75, 3.05) is 6.54 Å². The summed E-state index contributed by atoms with van der Waals surface area (Å²) in [5, 5.41) is 0. The SMILES string of the molecule is NCCCCC1=CN=C2CC=C(F)C=C12. The van der Waals surface area contributed by atoms with Crippen LogP contribution in [0.2, 0.25) is 0 Å². The van der Waals surface area contributed by atoms with E-state index in [1.165, 1.54) is 0 Å². The van der Waals surface area contributed by atoms with Gasteiger partial charge in [0.2, 0.25) is 0 Å². The smallest absolute Gasteiger partial charge is 0.120 e. The third-order valence-electron chi connectivity index (χ3n) is 2.71. The molecular formula is C12H15FN2. The average molecular weight is 206 g/mol. The third-order valence-corrected chi connectivity index (χ3v) is 2.71. The summed E-state index contributed by atoms with van der Waals surface area (Å²) in [5.41, 5.74) is 8.58. The van der Waals surface area contributed by atoms with Crippen LogP contribution in [0.3, 0.4) is 0 Å². The third kappa shape index (κ3) is 2.23. The molecule has 1 aliphatic heterocycles. The summed E-state index contributed by atoms with van der Waals surface area (Å²) >= 11 is 0. The quantitative estimate of drug-likeness (QED) is 0.705. The Bertz CT molecular complexity index is 375. The fourth-order valence-corrected chi connectivity index (χ4v) is 1.87. The van der Waals surface area contributed by atoms with Gasteiger partial charge in [-0.3, -0.25) is 4.99 Å². The Labute approximate surface area is 89.1 Å². The van der Waals surface area contributed by atoms with E-state index in [0.717, 1.165) is 36.1 Å². The van der Waals surface area contributed by atoms with Crippen LogP contribution in [0.25, 0.3) is 0 Å². The van der Waals surface area contributed by atoms with Gasteiger partial charge in [-0.1, -0.05) is 0 Å². The van der Waals surface area contributed by atoms with E-state index in [1.807, 2.05) is 6.20 Å². The van der Waals surface area contributed by atoms with Crippen LogP contribution in [0, 0.1) is 0 Å². The molecule has 0 radical (unpaired) electrons. The lowest BCUT2D eigenvalue weighted by atomic mass is 9.94. The lowest BCUT2D eigenvalue weighted by molar-refractivity contribution is 0.660. The molecule has 2 N–H and O–H groups in total. The maximum atomic E-state index is 13.1. The summed E-state index contributed by atoms with van der Waals surface area (Å²) in [5.74, 6) is -0.143. The van der Waals surface area contributed by atoms with E-state index < -0.39 is 0 Å². The molecule has 0 spiro atoms. The second kappa shape index (κ2) is 4.53. The van der Waals surface area contributed by atoms with E-state index in [9.17, 15) is 4.39 Å². The molecule has 0 aromatic heterocycles. The topological polar surface area (TPSA) is 38.4 Å². The summed E-state index contributed by atoms with van der Waals surface area (Å²) < 4.78 is 13.1. The van der Waals surface area contributed by atoms with Gasteiger partial charge in [-0.2, -0.15) is 0 Å². The number of hydrogen-bond donors (Lipinski definition) is 1. The van der Waals surface area contributed by atoms with E-state index in [0.29, 0.717) is 13.0 Å². The molecule has 2 rings (SSSR count). The molecule has 80 valence electrons. The van der Waals surface area contributed by atoms with Gasteiger partial charge in [0, 0.05) is 18.2 Å². The van der Waals surface area contributed by atoms with Crippen LogP contribution < -0.4 is 5.73 Å². The van der Waals surface area contributed by atoms with Gasteiger partial charge >= 0.3 is 0 Å². The van der Waals surface area contributed by atoms with E-state index >= 15 is 0 Å². The summed E-state index contributed by atoms with van der Waals surface area (Å²) in [6.45, 7) is 0.717. The van der Waals surface area contributed by atoms with Crippen molar-refractivity contribution < 1.29 is 4.39 Å². The van der Waals surface area contributed by atoms with Gasteiger partial charge in [-0.15, -0.1) is 0 Å². The number of allylic oxidation sites excluding steroid dienone is 5. The van der Waals surface area contributed by atoms with Gasteiger partial charge in [0.1, 0.15) is 5.83 Å². The molecule has 3 heteroatoms. The number of nitrogens with zero attached hydrogens (tertiary/aromatic N) is 1.